The summed E-state index contributed by atoms with van der Waals surface area (Å²) >= 11 is 0. The van der Waals surface area contributed by atoms with E-state index in [0.717, 1.165) is 22.9 Å². The smallest absolute Gasteiger partial charge is 0.200 e. The molecule has 1 heterocycles. The standard InChI is InChI=1S/C12H15N3/c1-8-4-6-10(7-5-8)11-9(2)14-12(13-3)15-11/h4-7H,1-3H3,(H2,13,14,15). The van der Waals surface area contributed by atoms with E-state index in [0.29, 0.717) is 0 Å². The molecule has 0 radical (unpaired) electrons. The monoisotopic (exact) mass is 201 g/mol. The Morgan fingerprint density at radius 3 is 2.33 bits per heavy atom. The van der Waals surface area contributed by atoms with Gasteiger partial charge in [0.2, 0.25) is 5.95 Å². The summed E-state index contributed by atoms with van der Waals surface area (Å²) in [6.45, 7) is 4.11. The Bertz CT molecular complexity index is 454. The van der Waals surface area contributed by atoms with E-state index >= 15 is 0 Å². The summed E-state index contributed by atoms with van der Waals surface area (Å²) in [5, 5.41) is 3.00. The summed E-state index contributed by atoms with van der Waals surface area (Å²) in [5.74, 6) is 0.808. The Morgan fingerprint density at radius 2 is 1.80 bits per heavy atom. The number of rotatable bonds is 2. The molecule has 3 nitrogen and oxygen atoms in total. The van der Waals surface area contributed by atoms with Crippen LogP contribution in [0, 0.1) is 13.8 Å². The average molecular weight is 201 g/mol. The molecule has 0 atom stereocenters. The van der Waals surface area contributed by atoms with Crippen LogP contribution in [0.4, 0.5) is 5.95 Å². The van der Waals surface area contributed by atoms with Gasteiger partial charge in [-0.25, -0.2) is 4.98 Å². The molecule has 15 heavy (non-hydrogen) atoms. The van der Waals surface area contributed by atoms with E-state index in [1.807, 2.05) is 14.0 Å². The number of aromatic amines is 1. The minimum Gasteiger partial charge on any atom is -0.359 e. The number of nitrogens with one attached hydrogen (secondary N) is 2. The maximum absolute atomic E-state index is 4.46. The van der Waals surface area contributed by atoms with Crippen molar-refractivity contribution in [2.45, 2.75) is 13.8 Å². The van der Waals surface area contributed by atoms with Crippen molar-refractivity contribution in [2.75, 3.05) is 12.4 Å². The van der Waals surface area contributed by atoms with Gasteiger partial charge in [-0.05, 0) is 13.8 Å². The lowest BCUT2D eigenvalue weighted by Crippen LogP contribution is -1.89. The highest BCUT2D eigenvalue weighted by Crippen LogP contribution is 2.22. The summed E-state index contributed by atoms with van der Waals surface area (Å²) in [5.41, 5.74) is 4.51. The first-order valence-corrected chi connectivity index (χ1v) is 5.02. The Hall–Kier alpha value is -1.77. The van der Waals surface area contributed by atoms with Crippen LogP contribution < -0.4 is 5.32 Å². The first-order chi connectivity index (χ1) is 7.20. The SMILES string of the molecule is CNc1nc(-c2ccc(C)cc2)c(C)[nH]1. The Kier molecular flexibility index (Phi) is 2.46. The lowest BCUT2D eigenvalue weighted by Gasteiger charge is -1.98. The van der Waals surface area contributed by atoms with Gasteiger partial charge in [0.05, 0.1) is 5.69 Å². The van der Waals surface area contributed by atoms with E-state index in [9.17, 15) is 0 Å². The molecule has 0 aliphatic carbocycles. The van der Waals surface area contributed by atoms with Crippen LogP contribution in [-0.4, -0.2) is 17.0 Å². The fraction of sp³-hybridized carbons (Fsp3) is 0.250. The number of hydrogen-bond donors (Lipinski definition) is 2. The van der Waals surface area contributed by atoms with E-state index in [2.05, 4.69) is 46.5 Å². The van der Waals surface area contributed by atoms with Gasteiger partial charge in [-0.1, -0.05) is 29.8 Å². The van der Waals surface area contributed by atoms with Gasteiger partial charge in [0.15, 0.2) is 0 Å². The molecule has 3 heteroatoms. The third kappa shape index (κ3) is 1.86. The highest BCUT2D eigenvalue weighted by atomic mass is 15.1. The lowest BCUT2D eigenvalue weighted by atomic mass is 10.1. The summed E-state index contributed by atoms with van der Waals surface area (Å²) in [4.78, 5) is 7.65. The molecule has 1 aromatic heterocycles. The molecular formula is C12H15N3. The number of nitrogens with zero attached hydrogens (tertiary/aromatic N) is 1. The van der Waals surface area contributed by atoms with E-state index in [-0.39, 0.29) is 0 Å². The molecular weight excluding hydrogens is 186 g/mol. The summed E-state index contributed by atoms with van der Waals surface area (Å²) in [6, 6.07) is 8.39. The zero-order chi connectivity index (χ0) is 10.8. The van der Waals surface area contributed by atoms with Crippen molar-refractivity contribution in [2.24, 2.45) is 0 Å². The molecule has 0 spiro atoms. The van der Waals surface area contributed by atoms with Crippen LogP contribution in [0.5, 0.6) is 0 Å². The van der Waals surface area contributed by atoms with Crippen LogP contribution in [-0.2, 0) is 0 Å². The van der Waals surface area contributed by atoms with Crippen LogP contribution in [0.1, 0.15) is 11.3 Å². The lowest BCUT2D eigenvalue weighted by molar-refractivity contribution is 1.23. The Labute approximate surface area is 89.6 Å². The summed E-state index contributed by atoms with van der Waals surface area (Å²) in [7, 11) is 1.86. The molecule has 2 N–H and O–H groups in total. The van der Waals surface area contributed by atoms with Crippen LogP contribution in [0.25, 0.3) is 11.3 Å². The summed E-state index contributed by atoms with van der Waals surface area (Å²) in [6.07, 6.45) is 0. The zero-order valence-electron chi connectivity index (χ0n) is 9.26. The van der Waals surface area contributed by atoms with Crippen LogP contribution in [0.15, 0.2) is 24.3 Å². The van der Waals surface area contributed by atoms with Crippen LogP contribution >= 0.6 is 0 Å². The van der Waals surface area contributed by atoms with Crippen molar-refractivity contribution in [1.82, 2.24) is 9.97 Å². The largest absolute Gasteiger partial charge is 0.359 e. The number of H-pyrrole nitrogens is 1. The molecule has 0 aliphatic rings. The zero-order valence-corrected chi connectivity index (χ0v) is 9.26. The average Bonchev–Trinajstić information content (AvgIpc) is 2.61. The Balaban J connectivity index is 2.44. The van der Waals surface area contributed by atoms with Gasteiger partial charge >= 0.3 is 0 Å². The third-order valence-electron chi connectivity index (χ3n) is 2.45. The van der Waals surface area contributed by atoms with Gasteiger partial charge in [-0.2, -0.15) is 0 Å². The molecule has 0 bridgehead atoms. The van der Waals surface area contributed by atoms with Crippen molar-refractivity contribution < 1.29 is 0 Å². The van der Waals surface area contributed by atoms with E-state index in [1.54, 1.807) is 0 Å². The highest BCUT2D eigenvalue weighted by molar-refractivity contribution is 5.64. The molecule has 0 saturated heterocycles. The number of hydrogen-bond acceptors (Lipinski definition) is 2. The minimum absolute atomic E-state index is 0.808. The third-order valence-corrected chi connectivity index (χ3v) is 2.45. The van der Waals surface area contributed by atoms with Gasteiger partial charge in [0.25, 0.3) is 0 Å². The molecule has 2 rings (SSSR count). The van der Waals surface area contributed by atoms with Crippen molar-refractivity contribution >= 4 is 5.95 Å². The summed E-state index contributed by atoms with van der Waals surface area (Å²) < 4.78 is 0. The maximum Gasteiger partial charge on any atom is 0.200 e. The predicted molar refractivity (Wildman–Crippen MR) is 63.0 cm³/mol. The van der Waals surface area contributed by atoms with Crippen LogP contribution in [0.3, 0.4) is 0 Å². The molecule has 78 valence electrons. The van der Waals surface area contributed by atoms with Crippen LogP contribution in [0.2, 0.25) is 0 Å². The van der Waals surface area contributed by atoms with Gasteiger partial charge < -0.3 is 10.3 Å². The fourth-order valence-corrected chi connectivity index (χ4v) is 1.57. The van der Waals surface area contributed by atoms with E-state index < -0.39 is 0 Å². The quantitative estimate of drug-likeness (QED) is 0.784. The molecule has 0 saturated carbocycles. The number of anilines is 1. The first-order valence-electron chi connectivity index (χ1n) is 5.02. The molecule has 0 amide bonds. The molecule has 2 aromatic rings. The van der Waals surface area contributed by atoms with Gasteiger partial charge in [0, 0.05) is 18.3 Å². The van der Waals surface area contributed by atoms with Gasteiger partial charge in [0.1, 0.15) is 0 Å². The Morgan fingerprint density at radius 1 is 1.13 bits per heavy atom. The predicted octanol–water partition coefficient (Wildman–Crippen LogP) is 2.74. The van der Waals surface area contributed by atoms with Gasteiger partial charge in [-0.3, -0.25) is 0 Å². The fourth-order valence-electron chi connectivity index (χ4n) is 1.57. The van der Waals surface area contributed by atoms with Crippen molar-refractivity contribution in [1.29, 1.82) is 0 Å². The highest BCUT2D eigenvalue weighted by Gasteiger charge is 2.07. The normalized spacial score (nSPS) is 10.3. The second-order valence-corrected chi connectivity index (χ2v) is 3.68. The van der Waals surface area contributed by atoms with Crippen molar-refractivity contribution in [3.05, 3.63) is 35.5 Å². The number of benzene rings is 1. The maximum atomic E-state index is 4.46. The second kappa shape index (κ2) is 3.77. The molecule has 0 fully saturated rings. The topological polar surface area (TPSA) is 40.7 Å². The number of imidazole rings is 1. The minimum atomic E-state index is 0.808. The number of aryl methyl sites for hydroxylation is 2. The molecule has 1 aromatic carbocycles. The molecule has 0 aliphatic heterocycles. The molecule has 0 unspecified atom stereocenters. The van der Waals surface area contributed by atoms with Crippen molar-refractivity contribution in [3.8, 4) is 11.3 Å². The number of aromatic nitrogens is 2. The van der Waals surface area contributed by atoms with E-state index in [1.165, 1.54) is 5.56 Å². The second-order valence-electron chi connectivity index (χ2n) is 3.68. The first kappa shape index (κ1) is 9.77. The van der Waals surface area contributed by atoms with E-state index in [4.69, 9.17) is 0 Å². The van der Waals surface area contributed by atoms with Crippen molar-refractivity contribution in [3.63, 3.8) is 0 Å². The van der Waals surface area contributed by atoms with Gasteiger partial charge in [-0.15, -0.1) is 0 Å².